The maximum atomic E-state index is 12.3. The Kier molecular flexibility index (Phi) is 3.78. The minimum atomic E-state index is -1.85. The zero-order valence-corrected chi connectivity index (χ0v) is 13.6. The summed E-state index contributed by atoms with van der Waals surface area (Å²) in [7, 11) is 0. The van der Waals surface area contributed by atoms with E-state index in [2.05, 4.69) is 11.1 Å². The minimum absolute atomic E-state index is 0.189. The standard InChI is InChI=1S/C21H15NO4/c23-19(21(25)26)16-9-10-18(22-20(16)24)17-11-12-5-1-2-6-13(12)14-7-3-4-8-15(14)17/h1-11,19,23H,(H,22,24)(H,25,26). The number of H-pyrrole nitrogens is 1. The molecule has 0 saturated heterocycles. The van der Waals surface area contributed by atoms with Crippen LogP contribution in [-0.4, -0.2) is 21.2 Å². The van der Waals surface area contributed by atoms with Crippen LogP contribution < -0.4 is 5.56 Å². The number of aromatic nitrogens is 1. The van der Waals surface area contributed by atoms with Crippen molar-refractivity contribution in [3.63, 3.8) is 0 Å². The highest BCUT2D eigenvalue weighted by atomic mass is 16.4. The molecule has 0 amide bonds. The van der Waals surface area contributed by atoms with E-state index >= 15 is 0 Å². The Morgan fingerprint density at radius 1 is 0.885 bits per heavy atom. The molecule has 0 aliphatic rings. The molecule has 1 atom stereocenters. The Morgan fingerprint density at radius 3 is 2.23 bits per heavy atom. The monoisotopic (exact) mass is 345 g/mol. The fourth-order valence-electron chi connectivity index (χ4n) is 3.27. The molecule has 1 unspecified atom stereocenters. The molecule has 3 aromatic carbocycles. The normalized spacial score (nSPS) is 12.3. The molecule has 1 heterocycles. The SMILES string of the molecule is O=C(O)C(O)c1ccc(-c2cc3ccccc3c3ccccc23)[nH]c1=O. The number of aliphatic hydroxyl groups excluding tert-OH is 1. The van der Waals surface area contributed by atoms with Gasteiger partial charge in [0.15, 0.2) is 6.10 Å². The summed E-state index contributed by atoms with van der Waals surface area (Å²) in [6, 6.07) is 20.9. The fourth-order valence-corrected chi connectivity index (χ4v) is 3.27. The van der Waals surface area contributed by atoms with Crippen molar-refractivity contribution in [3.8, 4) is 11.3 Å². The summed E-state index contributed by atoms with van der Waals surface area (Å²) in [6.07, 6.45) is -1.85. The number of carbonyl (C=O) groups is 1. The fraction of sp³-hybridized carbons (Fsp3) is 0.0476. The van der Waals surface area contributed by atoms with Crippen molar-refractivity contribution in [1.82, 2.24) is 4.98 Å². The highest BCUT2D eigenvalue weighted by Crippen LogP contribution is 2.33. The highest BCUT2D eigenvalue weighted by molar-refractivity contribution is 6.13. The third-order valence-corrected chi connectivity index (χ3v) is 4.53. The van der Waals surface area contributed by atoms with Crippen LogP contribution >= 0.6 is 0 Å². The molecule has 3 N–H and O–H groups in total. The van der Waals surface area contributed by atoms with Crippen LogP contribution in [0, 0.1) is 0 Å². The second-order valence-corrected chi connectivity index (χ2v) is 6.09. The van der Waals surface area contributed by atoms with Crippen molar-refractivity contribution in [1.29, 1.82) is 0 Å². The first-order chi connectivity index (χ1) is 12.6. The molecule has 5 heteroatoms. The summed E-state index contributed by atoms with van der Waals surface area (Å²) in [6.45, 7) is 0. The van der Waals surface area contributed by atoms with Crippen molar-refractivity contribution in [3.05, 3.63) is 82.6 Å². The van der Waals surface area contributed by atoms with Crippen molar-refractivity contribution >= 4 is 27.5 Å². The van der Waals surface area contributed by atoms with Crippen LogP contribution in [0.2, 0.25) is 0 Å². The number of pyridine rings is 1. The molecule has 128 valence electrons. The highest BCUT2D eigenvalue weighted by Gasteiger charge is 2.20. The van der Waals surface area contributed by atoms with Gasteiger partial charge in [0.25, 0.3) is 5.56 Å². The second kappa shape index (κ2) is 6.13. The first-order valence-corrected chi connectivity index (χ1v) is 8.11. The van der Waals surface area contributed by atoms with Gasteiger partial charge in [-0.25, -0.2) is 4.79 Å². The lowest BCUT2D eigenvalue weighted by molar-refractivity contribution is -0.147. The molecule has 0 bridgehead atoms. The average Bonchev–Trinajstić information content (AvgIpc) is 2.66. The number of aromatic amines is 1. The molecule has 0 aliphatic heterocycles. The first kappa shape index (κ1) is 16.1. The van der Waals surface area contributed by atoms with Crippen LogP contribution in [0.15, 0.2) is 71.5 Å². The Morgan fingerprint density at radius 2 is 1.54 bits per heavy atom. The van der Waals surface area contributed by atoms with Gasteiger partial charge in [0.2, 0.25) is 0 Å². The number of carboxylic acids is 1. The minimum Gasteiger partial charge on any atom is -0.479 e. The van der Waals surface area contributed by atoms with E-state index in [9.17, 15) is 14.7 Å². The number of nitrogens with one attached hydrogen (secondary N) is 1. The van der Waals surface area contributed by atoms with E-state index in [4.69, 9.17) is 5.11 Å². The zero-order chi connectivity index (χ0) is 18.3. The Bertz CT molecular complexity index is 1210. The molecule has 0 saturated carbocycles. The summed E-state index contributed by atoms with van der Waals surface area (Å²) in [5, 5.41) is 22.7. The van der Waals surface area contributed by atoms with Gasteiger partial charge in [0.1, 0.15) is 0 Å². The molecule has 0 fully saturated rings. The summed E-state index contributed by atoms with van der Waals surface area (Å²) in [4.78, 5) is 25.9. The number of rotatable bonds is 3. The molecule has 0 spiro atoms. The molecule has 26 heavy (non-hydrogen) atoms. The molecule has 4 rings (SSSR count). The summed E-state index contributed by atoms with van der Waals surface area (Å²) >= 11 is 0. The smallest absolute Gasteiger partial charge is 0.337 e. The molecular formula is C21H15NO4. The molecule has 5 nitrogen and oxygen atoms in total. The van der Waals surface area contributed by atoms with E-state index in [1.54, 1.807) is 6.07 Å². The number of benzene rings is 3. The predicted octanol–water partition coefficient (Wildman–Crippen LogP) is 3.47. The summed E-state index contributed by atoms with van der Waals surface area (Å²) in [5.74, 6) is -1.46. The molecule has 1 aromatic heterocycles. The topological polar surface area (TPSA) is 90.4 Å². The lowest BCUT2D eigenvalue weighted by Gasteiger charge is -2.12. The van der Waals surface area contributed by atoms with Crippen molar-refractivity contribution in [2.24, 2.45) is 0 Å². The number of aliphatic hydroxyl groups is 1. The number of hydrogen-bond acceptors (Lipinski definition) is 3. The van der Waals surface area contributed by atoms with E-state index in [1.807, 2.05) is 48.5 Å². The van der Waals surface area contributed by atoms with Gasteiger partial charge in [-0.05, 0) is 39.7 Å². The van der Waals surface area contributed by atoms with Crippen LogP contribution in [0.3, 0.4) is 0 Å². The third kappa shape index (κ3) is 2.55. The van der Waals surface area contributed by atoms with Gasteiger partial charge in [0.05, 0.1) is 5.56 Å². The second-order valence-electron chi connectivity index (χ2n) is 6.09. The van der Waals surface area contributed by atoms with Gasteiger partial charge in [0, 0.05) is 11.3 Å². The summed E-state index contributed by atoms with van der Waals surface area (Å²) < 4.78 is 0. The molecule has 0 radical (unpaired) electrons. The van der Waals surface area contributed by atoms with Crippen LogP contribution in [0.4, 0.5) is 0 Å². The van der Waals surface area contributed by atoms with Crippen LogP contribution in [0.1, 0.15) is 11.7 Å². The lowest BCUT2D eigenvalue weighted by Crippen LogP contribution is -2.21. The number of fused-ring (bicyclic) bond motifs is 3. The van der Waals surface area contributed by atoms with Crippen LogP contribution in [0.25, 0.3) is 32.8 Å². The Labute approximate surface area is 148 Å². The lowest BCUT2D eigenvalue weighted by atomic mass is 9.95. The van der Waals surface area contributed by atoms with Gasteiger partial charge in [-0.2, -0.15) is 0 Å². The predicted molar refractivity (Wildman–Crippen MR) is 100 cm³/mol. The quantitative estimate of drug-likeness (QED) is 0.496. The molecular weight excluding hydrogens is 330 g/mol. The van der Waals surface area contributed by atoms with E-state index in [-0.39, 0.29) is 5.56 Å². The first-order valence-electron chi connectivity index (χ1n) is 8.11. The number of hydrogen-bond donors (Lipinski definition) is 3. The van der Waals surface area contributed by atoms with Crippen molar-refractivity contribution < 1.29 is 15.0 Å². The molecule has 0 aliphatic carbocycles. The Balaban J connectivity index is 1.98. The van der Waals surface area contributed by atoms with Crippen molar-refractivity contribution in [2.45, 2.75) is 6.10 Å². The third-order valence-electron chi connectivity index (χ3n) is 4.53. The van der Waals surface area contributed by atoms with Crippen LogP contribution in [0.5, 0.6) is 0 Å². The maximum absolute atomic E-state index is 12.3. The van der Waals surface area contributed by atoms with E-state index < -0.39 is 17.6 Å². The van der Waals surface area contributed by atoms with Gasteiger partial charge >= 0.3 is 5.97 Å². The average molecular weight is 345 g/mol. The van der Waals surface area contributed by atoms with Gasteiger partial charge < -0.3 is 15.2 Å². The number of carboxylic acid groups (broad SMARTS) is 1. The van der Waals surface area contributed by atoms with E-state index in [0.29, 0.717) is 5.69 Å². The maximum Gasteiger partial charge on any atom is 0.337 e. The van der Waals surface area contributed by atoms with Crippen molar-refractivity contribution in [2.75, 3.05) is 0 Å². The van der Waals surface area contributed by atoms with Gasteiger partial charge in [-0.3, -0.25) is 4.79 Å². The van der Waals surface area contributed by atoms with E-state index in [1.165, 1.54) is 6.07 Å². The van der Waals surface area contributed by atoms with Crippen LogP contribution in [-0.2, 0) is 4.79 Å². The summed E-state index contributed by atoms with van der Waals surface area (Å²) in [5.41, 5.74) is 0.604. The largest absolute Gasteiger partial charge is 0.479 e. The zero-order valence-electron chi connectivity index (χ0n) is 13.6. The molecule has 4 aromatic rings. The van der Waals surface area contributed by atoms with E-state index in [0.717, 1.165) is 27.1 Å². The Hall–Kier alpha value is -3.44. The van der Waals surface area contributed by atoms with Gasteiger partial charge in [-0.15, -0.1) is 0 Å². The van der Waals surface area contributed by atoms with Gasteiger partial charge in [-0.1, -0.05) is 48.5 Å². The number of aliphatic carboxylic acids is 1.